The van der Waals surface area contributed by atoms with Gasteiger partial charge in [-0.05, 0) is 35.9 Å². The summed E-state index contributed by atoms with van der Waals surface area (Å²) in [5.41, 5.74) is 0.638. The Labute approximate surface area is 167 Å². The van der Waals surface area contributed by atoms with E-state index in [0.717, 1.165) is 5.56 Å². The SMILES string of the molecule is COC(=O)CCC1(C(=O)c2ccc(Cl)cc2)Cc2ccc(NC(C)=O)cc2O1. The zero-order valence-electron chi connectivity index (χ0n) is 15.6. The van der Waals surface area contributed by atoms with Crippen LogP contribution in [0.3, 0.4) is 0 Å². The highest BCUT2D eigenvalue weighted by molar-refractivity contribution is 6.30. The first kappa shape index (κ1) is 19.9. The summed E-state index contributed by atoms with van der Waals surface area (Å²) in [6.07, 6.45) is 0.537. The van der Waals surface area contributed by atoms with Gasteiger partial charge in [-0.15, -0.1) is 0 Å². The molecule has 1 amide bonds. The number of fused-ring (bicyclic) bond motifs is 1. The van der Waals surface area contributed by atoms with Crippen LogP contribution >= 0.6 is 11.6 Å². The van der Waals surface area contributed by atoms with Gasteiger partial charge in [0.15, 0.2) is 5.60 Å². The highest BCUT2D eigenvalue weighted by atomic mass is 35.5. The first-order chi connectivity index (χ1) is 13.3. The summed E-state index contributed by atoms with van der Waals surface area (Å²) >= 11 is 5.93. The Morgan fingerprint density at radius 2 is 1.89 bits per heavy atom. The second-order valence-corrected chi connectivity index (χ2v) is 7.13. The van der Waals surface area contributed by atoms with E-state index in [-0.39, 0.29) is 24.5 Å². The Morgan fingerprint density at radius 1 is 1.18 bits per heavy atom. The summed E-state index contributed by atoms with van der Waals surface area (Å²) < 4.78 is 10.8. The fraction of sp³-hybridized carbons (Fsp3) is 0.286. The molecule has 2 aromatic carbocycles. The van der Waals surface area contributed by atoms with Gasteiger partial charge in [0.1, 0.15) is 5.75 Å². The monoisotopic (exact) mass is 401 g/mol. The number of carbonyl (C=O) groups excluding carboxylic acids is 3. The lowest BCUT2D eigenvalue weighted by atomic mass is 9.84. The number of rotatable bonds is 6. The average Bonchev–Trinajstić information content (AvgIpc) is 3.04. The van der Waals surface area contributed by atoms with E-state index in [1.54, 1.807) is 36.4 Å². The number of carbonyl (C=O) groups is 3. The molecule has 1 N–H and O–H groups in total. The van der Waals surface area contributed by atoms with Gasteiger partial charge in [0.05, 0.1) is 7.11 Å². The molecule has 0 radical (unpaired) electrons. The molecule has 0 saturated heterocycles. The van der Waals surface area contributed by atoms with Gasteiger partial charge in [-0.1, -0.05) is 17.7 Å². The van der Waals surface area contributed by atoms with Crippen molar-refractivity contribution in [1.29, 1.82) is 0 Å². The molecule has 7 heteroatoms. The van der Waals surface area contributed by atoms with Crippen molar-refractivity contribution in [1.82, 2.24) is 0 Å². The molecule has 1 atom stereocenters. The van der Waals surface area contributed by atoms with Gasteiger partial charge in [-0.25, -0.2) is 0 Å². The van der Waals surface area contributed by atoms with Crippen molar-refractivity contribution in [3.8, 4) is 5.75 Å². The van der Waals surface area contributed by atoms with E-state index in [1.165, 1.54) is 14.0 Å². The number of hydrogen-bond donors (Lipinski definition) is 1. The molecule has 0 fully saturated rings. The minimum Gasteiger partial charge on any atom is -0.478 e. The van der Waals surface area contributed by atoms with E-state index in [2.05, 4.69) is 5.32 Å². The Hall–Kier alpha value is -2.86. The Bertz CT molecular complexity index is 925. The second-order valence-electron chi connectivity index (χ2n) is 6.69. The molecule has 1 aliphatic heterocycles. The van der Waals surface area contributed by atoms with Crippen LogP contribution in [0.2, 0.25) is 5.02 Å². The molecule has 146 valence electrons. The normalized spacial score (nSPS) is 17.4. The predicted octanol–water partition coefficient (Wildman–Crippen LogP) is 3.81. The fourth-order valence-corrected chi connectivity index (χ4v) is 3.41. The van der Waals surface area contributed by atoms with Gasteiger partial charge in [0, 0.05) is 48.5 Å². The minimum absolute atomic E-state index is 0.0440. The van der Waals surface area contributed by atoms with Crippen molar-refractivity contribution in [2.75, 3.05) is 12.4 Å². The van der Waals surface area contributed by atoms with Gasteiger partial charge in [-0.2, -0.15) is 0 Å². The van der Waals surface area contributed by atoms with Crippen molar-refractivity contribution in [3.63, 3.8) is 0 Å². The molecule has 3 rings (SSSR count). The van der Waals surface area contributed by atoms with E-state index in [1.807, 2.05) is 6.07 Å². The summed E-state index contributed by atoms with van der Waals surface area (Å²) in [6.45, 7) is 1.42. The van der Waals surface area contributed by atoms with E-state index in [4.69, 9.17) is 21.1 Å². The van der Waals surface area contributed by atoms with E-state index in [0.29, 0.717) is 28.4 Å². The Kier molecular flexibility index (Phi) is 5.70. The number of hydrogen-bond acceptors (Lipinski definition) is 5. The Balaban J connectivity index is 1.93. The highest BCUT2D eigenvalue weighted by Crippen LogP contribution is 2.41. The van der Waals surface area contributed by atoms with Crippen molar-refractivity contribution < 1.29 is 23.9 Å². The summed E-state index contributed by atoms with van der Waals surface area (Å²) in [7, 11) is 1.31. The lowest BCUT2D eigenvalue weighted by Crippen LogP contribution is -2.44. The predicted molar refractivity (Wildman–Crippen MR) is 105 cm³/mol. The van der Waals surface area contributed by atoms with Gasteiger partial charge < -0.3 is 14.8 Å². The van der Waals surface area contributed by atoms with Crippen LogP contribution in [0.25, 0.3) is 0 Å². The van der Waals surface area contributed by atoms with Crippen molar-refractivity contribution in [2.45, 2.75) is 31.8 Å². The molecule has 1 aliphatic rings. The summed E-state index contributed by atoms with van der Waals surface area (Å²) in [4.78, 5) is 36.3. The number of methoxy groups -OCH3 is 1. The number of halogens is 1. The van der Waals surface area contributed by atoms with Gasteiger partial charge in [0.25, 0.3) is 0 Å². The van der Waals surface area contributed by atoms with Crippen LogP contribution in [0, 0.1) is 0 Å². The van der Waals surface area contributed by atoms with Gasteiger partial charge >= 0.3 is 5.97 Å². The molecule has 28 heavy (non-hydrogen) atoms. The van der Waals surface area contributed by atoms with Gasteiger partial charge in [-0.3, -0.25) is 14.4 Å². The number of ether oxygens (including phenoxy) is 2. The third-order valence-corrected chi connectivity index (χ3v) is 4.90. The molecule has 1 heterocycles. The number of anilines is 1. The molecular weight excluding hydrogens is 382 g/mol. The number of ketones is 1. The average molecular weight is 402 g/mol. The van der Waals surface area contributed by atoms with E-state index in [9.17, 15) is 14.4 Å². The van der Waals surface area contributed by atoms with Crippen LogP contribution in [0.15, 0.2) is 42.5 Å². The molecule has 0 saturated carbocycles. The van der Waals surface area contributed by atoms with Crippen LogP contribution in [0.1, 0.15) is 35.7 Å². The van der Waals surface area contributed by atoms with Crippen LogP contribution in [-0.2, 0) is 20.7 Å². The van der Waals surface area contributed by atoms with Crippen LogP contribution in [0.5, 0.6) is 5.75 Å². The first-order valence-electron chi connectivity index (χ1n) is 8.80. The molecule has 6 nitrogen and oxygen atoms in total. The van der Waals surface area contributed by atoms with Crippen molar-refractivity contribution >= 4 is 34.9 Å². The molecule has 0 spiro atoms. The molecule has 0 bridgehead atoms. The largest absolute Gasteiger partial charge is 0.478 e. The van der Waals surface area contributed by atoms with E-state index >= 15 is 0 Å². The minimum atomic E-state index is -1.22. The Morgan fingerprint density at radius 3 is 2.54 bits per heavy atom. The number of esters is 1. The smallest absolute Gasteiger partial charge is 0.305 e. The number of benzene rings is 2. The molecule has 0 aromatic heterocycles. The van der Waals surface area contributed by atoms with Crippen LogP contribution in [-0.4, -0.2) is 30.4 Å². The maximum absolute atomic E-state index is 13.3. The molecule has 1 unspecified atom stereocenters. The fourth-order valence-electron chi connectivity index (χ4n) is 3.28. The zero-order valence-corrected chi connectivity index (χ0v) is 16.3. The topological polar surface area (TPSA) is 81.7 Å². The van der Waals surface area contributed by atoms with Crippen molar-refractivity contribution in [3.05, 3.63) is 58.6 Å². The number of Topliss-reactive ketones (excluding diaryl/α,β-unsaturated/α-hetero) is 1. The quantitative estimate of drug-likeness (QED) is 0.588. The highest BCUT2D eigenvalue weighted by Gasteiger charge is 2.46. The van der Waals surface area contributed by atoms with Gasteiger partial charge in [0.2, 0.25) is 11.7 Å². The third-order valence-electron chi connectivity index (χ3n) is 4.65. The lowest BCUT2D eigenvalue weighted by Gasteiger charge is -2.27. The third kappa shape index (κ3) is 4.17. The zero-order chi connectivity index (χ0) is 20.3. The van der Waals surface area contributed by atoms with E-state index < -0.39 is 11.6 Å². The first-order valence-corrected chi connectivity index (χ1v) is 9.17. The molecular formula is C21H20ClNO5. The van der Waals surface area contributed by atoms with Crippen LogP contribution in [0.4, 0.5) is 5.69 Å². The molecule has 2 aromatic rings. The number of nitrogens with one attached hydrogen (secondary N) is 1. The summed E-state index contributed by atoms with van der Waals surface area (Å²) in [5.74, 6) is -0.335. The lowest BCUT2D eigenvalue weighted by molar-refractivity contribution is -0.141. The maximum Gasteiger partial charge on any atom is 0.305 e. The standard InChI is InChI=1S/C21H20ClNO5/c1-13(24)23-17-8-5-15-12-21(28-18(15)11-17,10-9-19(25)27-2)20(26)14-3-6-16(22)7-4-14/h3-8,11H,9-10,12H2,1-2H3,(H,23,24). The second kappa shape index (κ2) is 8.02. The summed E-state index contributed by atoms with van der Waals surface area (Å²) in [6, 6.07) is 11.8. The number of amides is 1. The maximum atomic E-state index is 13.3. The van der Waals surface area contributed by atoms with Crippen molar-refractivity contribution in [2.24, 2.45) is 0 Å². The molecule has 0 aliphatic carbocycles. The summed E-state index contributed by atoms with van der Waals surface area (Å²) in [5, 5.41) is 3.22. The van der Waals surface area contributed by atoms with Crippen LogP contribution < -0.4 is 10.1 Å².